The van der Waals surface area contributed by atoms with E-state index in [1.54, 1.807) is 25.1 Å². The topological polar surface area (TPSA) is 76.7 Å². The summed E-state index contributed by atoms with van der Waals surface area (Å²) in [4.78, 5) is 24.1. The number of amides is 2. The fraction of sp³-hybridized carbons (Fsp3) is 0.176. The first-order valence-electron chi connectivity index (χ1n) is 7.35. The number of carbonyl (C=O) groups is 2. The van der Waals surface area contributed by atoms with Crippen molar-refractivity contribution in [1.82, 2.24) is 0 Å². The Bertz CT molecular complexity index is 847. The quantitative estimate of drug-likeness (QED) is 0.844. The predicted octanol–water partition coefficient (Wildman–Crippen LogP) is 3.97. The molecule has 2 amide bonds. The van der Waals surface area contributed by atoms with Crippen LogP contribution in [0.25, 0.3) is 0 Å². The van der Waals surface area contributed by atoms with Crippen LogP contribution in [0.15, 0.2) is 30.3 Å². The summed E-state index contributed by atoms with van der Waals surface area (Å²) in [5.74, 6) is 0.204. The first kappa shape index (κ1) is 17.4. The van der Waals surface area contributed by atoms with Gasteiger partial charge >= 0.3 is 0 Å². The fourth-order valence-electron chi connectivity index (χ4n) is 2.38. The van der Waals surface area contributed by atoms with Crippen LogP contribution in [0.3, 0.4) is 0 Å². The maximum atomic E-state index is 12.4. The molecule has 0 fully saturated rings. The van der Waals surface area contributed by atoms with E-state index in [1.165, 1.54) is 19.2 Å². The molecule has 0 aliphatic carbocycles. The summed E-state index contributed by atoms with van der Waals surface area (Å²) in [6.45, 7) is 1.66. The zero-order chi connectivity index (χ0) is 18.1. The van der Waals surface area contributed by atoms with E-state index in [9.17, 15) is 9.59 Å². The number of benzene rings is 2. The lowest BCUT2D eigenvalue weighted by molar-refractivity contribution is -0.122. The second-order valence-electron chi connectivity index (χ2n) is 5.39. The van der Waals surface area contributed by atoms with E-state index in [0.29, 0.717) is 22.9 Å². The van der Waals surface area contributed by atoms with Crippen molar-refractivity contribution < 1.29 is 19.1 Å². The minimum Gasteiger partial charge on any atom is -0.494 e. The van der Waals surface area contributed by atoms with Crippen molar-refractivity contribution in [1.29, 1.82) is 0 Å². The number of ether oxygens (including phenoxy) is 2. The van der Waals surface area contributed by atoms with E-state index >= 15 is 0 Å². The van der Waals surface area contributed by atoms with Crippen LogP contribution in [0.4, 0.5) is 11.4 Å². The summed E-state index contributed by atoms with van der Waals surface area (Å²) in [5.41, 5.74) is 1.26. The van der Waals surface area contributed by atoms with Crippen molar-refractivity contribution >= 4 is 46.4 Å². The Labute approximate surface area is 154 Å². The molecule has 2 aromatic rings. The Kier molecular flexibility index (Phi) is 4.74. The Hall–Kier alpha value is -2.44. The number of fused-ring (bicyclic) bond motifs is 1. The third kappa shape index (κ3) is 3.50. The SMILES string of the molecule is COc1c(Cl)cc(C(=O)Nc2ccc3c(c2)NC(=O)[C@@H](C)O3)cc1Cl. The molecule has 0 bridgehead atoms. The summed E-state index contributed by atoms with van der Waals surface area (Å²) in [6.07, 6.45) is -0.559. The van der Waals surface area contributed by atoms with Gasteiger partial charge in [-0.15, -0.1) is 0 Å². The van der Waals surface area contributed by atoms with Crippen LogP contribution in [0.5, 0.6) is 11.5 Å². The highest BCUT2D eigenvalue weighted by molar-refractivity contribution is 6.37. The third-order valence-corrected chi connectivity index (χ3v) is 4.19. The Morgan fingerprint density at radius 3 is 2.56 bits per heavy atom. The van der Waals surface area contributed by atoms with Crippen molar-refractivity contribution in [2.24, 2.45) is 0 Å². The maximum absolute atomic E-state index is 12.4. The normalized spacial score (nSPS) is 15.7. The maximum Gasteiger partial charge on any atom is 0.265 e. The summed E-state index contributed by atoms with van der Waals surface area (Å²) in [6, 6.07) is 7.89. The van der Waals surface area contributed by atoms with Gasteiger partial charge in [0.25, 0.3) is 11.8 Å². The van der Waals surface area contributed by atoms with Crippen LogP contribution in [0.2, 0.25) is 10.0 Å². The Balaban J connectivity index is 1.82. The van der Waals surface area contributed by atoms with Gasteiger partial charge < -0.3 is 20.1 Å². The molecule has 1 atom stereocenters. The molecule has 6 nitrogen and oxygen atoms in total. The summed E-state index contributed by atoms with van der Waals surface area (Å²) < 4.78 is 10.5. The molecular weight excluding hydrogens is 367 g/mol. The van der Waals surface area contributed by atoms with E-state index in [1.807, 2.05) is 0 Å². The molecule has 0 saturated heterocycles. The molecule has 1 heterocycles. The van der Waals surface area contributed by atoms with Gasteiger partial charge in [0.05, 0.1) is 22.8 Å². The molecule has 2 N–H and O–H groups in total. The lowest BCUT2D eigenvalue weighted by Gasteiger charge is -2.23. The summed E-state index contributed by atoms with van der Waals surface area (Å²) >= 11 is 12.1. The molecule has 1 aliphatic rings. The van der Waals surface area contributed by atoms with Gasteiger partial charge in [-0.25, -0.2) is 0 Å². The van der Waals surface area contributed by atoms with Crippen LogP contribution in [-0.4, -0.2) is 25.0 Å². The summed E-state index contributed by atoms with van der Waals surface area (Å²) in [5, 5.41) is 5.92. The largest absolute Gasteiger partial charge is 0.494 e. The van der Waals surface area contributed by atoms with Gasteiger partial charge in [-0.2, -0.15) is 0 Å². The highest BCUT2D eigenvalue weighted by atomic mass is 35.5. The third-order valence-electron chi connectivity index (χ3n) is 3.63. The second kappa shape index (κ2) is 6.82. The zero-order valence-electron chi connectivity index (χ0n) is 13.4. The van der Waals surface area contributed by atoms with E-state index in [0.717, 1.165) is 0 Å². The Morgan fingerprint density at radius 1 is 1.24 bits per heavy atom. The number of halogens is 2. The van der Waals surface area contributed by atoms with Crippen molar-refractivity contribution in [3.05, 3.63) is 45.9 Å². The van der Waals surface area contributed by atoms with Crippen LogP contribution < -0.4 is 20.1 Å². The fourth-order valence-corrected chi connectivity index (χ4v) is 3.02. The first-order chi connectivity index (χ1) is 11.9. The minimum absolute atomic E-state index is 0.236. The molecular formula is C17H14Cl2N2O4. The molecule has 0 unspecified atom stereocenters. The molecule has 0 radical (unpaired) electrons. The van der Waals surface area contributed by atoms with Gasteiger partial charge in [0.1, 0.15) is 5.75 Å². The van der Waals surface area contributed by atoms with Gasteiger partial charge in [0.15, 0.2) is 11.9 Å². The number of nitrogens with one attached hydrogen (secondary N) is 2. The predicted molar refractivity (Wildman–Crippen MR) is 96.1 cm³/mol. The number of rotatable bonds is 3. The van der Waals surface area contributed by atoms with Gasteiger partial charge in [0, 0.05) is 11.3 Å². The molecule has 0 saturated carbocycles. The van der Waals surface area contributed by atoms with Crippen LogP contribution in [-0.2, 0) is 4.79 Å². The van der Waals surface area contributed by atoms with E-state index in [4.69, 9.17) is 32.7 Å². The second-order valence-corrected chi connectivity index (χ2v) is 6.20. The molecule has 8 heteroatoms. The highest BCUT2D eigenvalue weighted by Gasteiger charge is 2.23. The van der Waals surface area contributed by atoms with E-state index in [-0.39, 0.29) is 21.5 Å². The molecule has 0 spiro atoms. The average molecular weight is 381 g/mol. The smallest absolute Gasteiger partial charge is 0.265 e. The van der Waals surface area contributed by atoms with E-state index in [2.05, 4.69) is 10.6 Å². The summed E-state index contributed by atoms with van der Waals surface area (Å²) in [7, 11) is 1.44. The monoisotopic (exact) mass is 380 g/mol. The number of anilines is 2. The standard InChI is InChI=1S/C17H14Cl2N2O4/c1-8-16(22)21-13-7-10(3-4-14(13)25-8)20-17(23)9-5-11(18)15(24-2)12(19)6-9/h3-8H,1-2H3,(H,20,23)(H,21,22)/t8-/m1/s1. The first-order valence-corrected chi connectivity index (χ1v) is 8.10. The molecule has 25 heavy (non-hydrogen) atoms. The van der Waals surface area contributed by atoms with Crippen molar-refractivity contribution in [3.8, 4) is 11.5 Å². The molecule has 2 aromatic carbocycles. The van der Waals surface area contributed by atoms with Gasteiger partial charge in [-0.1, -0.05) is 23.2 Å². The van der Waals surface area contributed by atoms with Crippen LogP contribution >= 0.6 is 23.2 Å². The van der Waals surface area contributed by atoms with Crippen LogP contribution in [0, 0.1) is 0 Å². The van der Waals surface area contributed by atoms with Gasteiger partial charge in [-0.05, 0) is 37.3 Å². The molecule has 0 aromatic heterocycles. The van der Waals surface area contributed by atoms with Gasteiger partial charge in [0.2, 0.25) is 0 Å². The lowest BCUT2D eigenvalue weighted by Crippen LogP contribution is -2.34. The number of hydrogen-bond acceptors (Lipinski definition) is 4. The van der Waals surface area contributed by atoms with Crippen molar-refractivity contribution in [2.75, 3.05) is 17.7 Å². The van der Waals surface area contributed by atoms with Crippen molar-refractivity contribution in [3.63, 3.8) is 0 Å². The number of hydrogen-bond donors (Lipinski definition) is 2. The molecule has 1 aliphatic heterocycles. The molecule has 3 rings (SSSR count). The lowest BCUT2D eigenvalue weighted by atomic mass is 10.1. The van der Waals surface area contributed by atoms with E-state index < -0.39 is 12.0 Å². The highest BCUT2D eigenvalue weighted by Crippen LogP contribution is 2.35. The zero-order valence-corrected chi connectivity index (χ0v) is 14.9. The Morgan fingerprint density at radius 2 is 1.92 bits per heavy atom. The van der Waals surface area contributed by atoms with Gasteiger partial charge in [-0.3, -0.25) is 9.59 Å². The minimum atomic E-state index is -0.559. The van der Waals surface area contributed by atoms with Crippen LogP contribution in [0.1, 0.15) is 17.3 Å². The number of carbonyl (C=O) groups excluding carboxylic acids is 2. The number of methoxy groups -OCH3 is 1. The van der Waals surface area contributed by atoms with Crippen molar-refractivity contribution in [2.45, 2.75) is 13.0 Å². The average Bonchev–Trinajstić information content (AvgIpc) is 2.56. The molecule has 130 valence electrons.